The molecule has 1 aromatic rings. The van der Waals surface area contributed by atoms with Crippen molar-refractivity contribution in [1.82, 2.24) is 20.4 Å². The van der Waals surface area contributed by atoms with Gasteiger partial charge in [0.25, 0.3) is 0 Å². The van der Waals surface area contributed by atoms with E-state index < -0.39 is 0 Å². The van der Waals surface area contributed by atoms with E-state index in [4.69, 9.17) is 0 Å². The molecule has 0 saturated carbocycles. The van der Waals surface area contributed by atoms with Gasteiger partial charge in [0, 0.05) is 45.8 Å². The maximum absolute atomic E-state index is 12.0. The maximum atomic E-state index is 12.0. The highest BCUT2D eigenvalue weighted by molar-refractivity contribution is 5.79. The van der Waals surface area contributed by atoms with Gasteiger partial charge in [-0.15, -0.1) is 0 Å². The number of carbonyl (C=O) groups excluding carboxylic acids is 1. The number of nitrogens with zero attached hydrogens (tertiary/aromatic N) is 2. The van der Waals surface area contributed by atoms with Gasteiger partial charge in [0.15, 0.2) is 0 Å². The van der Waals surface area contributed by atoms with Gasteiger partial charge in [-0.1, -0.05) is 31.2 Å². The Labute approximate surface area is 145 Å². The molecule has 3 rings (SSSR count). The molecular weight excluding hydrogens is 300 g/mol. The molecule has 5 nitrogen and oxygen atoms in total. The maximum Gasteiger partial charge on any atom is 0.224 e. The summed E-state index contributed by atoms with van der Waals surface area (Å²) < 4.78 is 0. The van der Waals surface area contributed by atoms with Crippen molar-refractivity contribution in [3.8, 4) is 0 Å². The van der Waals surface area contributed by atoms with E-state index in [9.17, 15) is 4.79 Å². The minimum absolute atomic E-state index is 0.145. The van der Waals surface area contributed by atoms with Crippen LogP contribution in [0.2, 0.25) is 0 Å². The topological polar surface area (TPSA) is 47.6 Å². The highest BCUT2D eigenvalue weighted by atomic mass is 16.1. The quantitative estimate of drug-likeness (QED) is 0.819. The molecule has 2 aliphatic heterocycles. The van der Waals surface area contributed by atoms with Crippen LogP contribution in [-0.2, 0) is 17.9 Å². The van der Waals surface area contributed by atoms with Crippen molar-refractivity contribution < 1.29 is 4.79 Å². The first-order chi connectivity index (χ1) is 11.7. The molecule has 1 unspecified atom stereocenters. The van der Waals surface area contributed by atoms with Gasteiger partial charge in [-0.3, -0.25) is 9.69 Å². The Bertz CT molecular complexity index is 517. The third-order valence-corrected chi connectivity index (χ3v) is 5.24. The lowest BCUT2D eigenvalue weighted by Crippen LogP contribution is -2.45. The Kier molecular flexibility index (Phi) is 6.24. The predicted molar refractivity (Wildman–Crippen MR) is 96.7 cm³/mol. The van der Waals surface area contributed by atoms with Crippen molar-refractivity contribution in [2.45, 2.75) is 26.4 Å². The third-order valence-electron chi connectivity index (χ3n) is 5.24. The van der Waals surface area contributed by atoms with Crippen LogP contribution < -0.4 is 10.6 Å². The minimum Gasteiger partial charge on any atom is -0.352 e. The monoisotopic (exact) mass is 330 g/mol. The fourth-order valence-electron chi connectivity index (χ4n) is 3.50. The van der Waals surface area contributed by atoms with Crippen molar-refractivity contribution in [2.24, 2.45) is 5.92 Å². The van der Waals surface area contributed by atoms with Crippen LogP contribution in [0.15, 0.2) is 24.3 Å². The SMILES string of the molecule is CCN1CCN(Cc2ccc(CNC(=O)C3CCNC3)cc2)CC1. The van der Waals surface area contributed by atoms with Crippen LogP contribution in [0.5, 0.6) is 0 Å². The zero-order chi connectivity index (χ0) is 16.8. The first-order valence-corrected chi connectivity index (χ1v) is 9.25. The predicted octanol–water partition coefficient (Wildman–Crippen LogP) is 1.05. The Hall–Kier alpha value is -1.43. The summed E-state index contributed by atoms with van der Waals surface area (Å²) in [6.07, 6.45) is 0.954. The van der Waals surface area contributed by atoms with E-state index >= 15 is 0 Å². The van der Waals surface area contributed by atoms with E-state index in [1.165, 1.54) is 24.2 Å². The molecule has 2 aliphatic rings. The molecule has 0 bridgehead atoms. The van der Waals surface area contributed by atoms with E-state index in [2.05, 4.69) is 51.6 Å². The van der Waals surface area contributed by atoms with Crippen LogP contribution in [0.4, 0.5) is 0 Å². The van der Waals surface area contributed by atoms with E-state index in [0.717, 1.165) is 45.7 Å². The molecular formula is C19H30N4O. The Morgan fingerprint density at radius 1 is 1.12 bits per heavy atom. The number of benzene rings is 1. The number of nitrogens with one attached hydrogen (secondary N) is 2. The highest BCUT2D eigenvalue weighted by Crippen LogP contribution is 2.11. The lowest BCUT2D eigenvalue weighted by Gasteiger charge is -2.34. The Morgan fingerprint density at radius 2 is 1.79 bits per heavy atom. The second-order valence-electron chi connectivity index (χ2n) is 6.93. The van der Waals surface area contributed by atoms with Gasteiger partial charge in [0.2, 0.25) is 5.91 Å². The average Bonchev–Trinajstić information content (AvgIpc) is 3.16. The zero-order valence-electron chi connectivity index (χ0n) is 14.8. The fourth-order valence-corrected chi connectivity index (χ4v) is 3.50. The van der Waals surface area contributed by atoms with Gasteiger partial charge in [-0.2, -0.15) is 0 Å². The molecule has 5 heteroatoms. The molecule has 1 aromatic carbocycles. The Morgan fingerprint density at radius 3 is 2.42 bits per heavy atom. The highest BCUT2D eigenvalue weighted by Gasteiger charge is 2.21. The fraction of sp³-hybridized carbons (Fsp3) is 0.632. The van der Waals surface area contributed by atoms with Crippen molar-refractivity contribution in [3.63, 3.8) is 0 Å². The van der Waals surface area contributed by atoms with Gasteiger partial charge in [-0.05, 0) is 30.6 Å². The van der Waals surface area contributed by atoms with Crippen molar-refractivity contribution in [1.29, 1.82) is 0 Å². The average molecular weight is 330 g/mol. The van der Waals surface area contributed by atoms with Crippen molar-refractivity contribution >= 4 is 5.91 Å². The van der Waals surface area contributed by atoms with E-state index in [1.807, 2.05) is 0 Å². The Balaban J connectivity index is 1.42. The van der Waals surface area contributed by atoms with E-state index in [-0.39, 0.29) is 11.8 Å². The number of likely N-dealkylation sites (N-methyl/N-ethyl adjacent to an activating group) is 1. The molecule has 132 valence electrons. The molecule has 0 aliphatic carbocycles. The first-order valence-electron chi connectivity index (χ1n) is 9.25. The summed E-state index contributed by atoms with van der Waals surface area (Å²) in [4.78, 5) is 17.1. The summed E-state index contributed by atoms with van der Waals surface area (Å²) in [5.74, 6) is 0.323. The van der Waals surface area contributed by atoms with E-state index in [0.29, 0.717) is 6.54 Å². The van der Waals surface area contributed by atoms with Crippen LogP contribution in [0.1, 0.15) is 24.5 Å². The molecule has 2 fully saturated rings. The van der Waals surface area contributed by atoms with Crippen LogP contribution in [0.25, 0.3) is 0 Å². The molecule has 0 radical (unpaired) electrons. The summed E-state index contributed by atoms with van der Waals surface area (Å²) in [5, 5.41) is 6.29. The normalized spacial score (nSPS) is 22.6. The smallest absolute Gasteiger partial charge is 0.224 e. The molecule has 2 saturated heterocycles. The number of piperazine rings is 1. The molecule has 0 aromatic heterocycles. The molecule has 1 amide bonds. The number of hydrogen-bond acceptors (Lipinski definition) is 4. The number of hydrogen-bond donors (Lipinski definition) is 2. The second-order valence-corrected chi connectivity index (χ2v) is 6.93. The molecule has 2 N–H and O–H groups in total. The van der Waals surface area contributed by atoms with Crippen LogP contribution in [0.3, 0.4) is 0 Å². The molecule has 0 spiro atoms. The van der Waals surface area contributed by atoms with Crippen LogP contribution in [0, 0.1) is 5.92 Å². The van der Waals surface area contributed by atoms with Gasteiger partial charge in [0.05, 0.1) is 5.92 Å². The van der Waals surface area contributed by atoms with Crippen molar-refractivity contribution in [3.05, 3.63) is 35.4 Å². The standard InChI is InChI=1S/C19H30N4O/c1-2-22-9-11-23(12-10-22)15-17-5-3-16(4-6-17)13-21-19(24)18-7-8-20-14-18/h3-6,18,20H,2,7-15H2,1H3,(H,21,24). The largest absolute Gasteiger partial charge is 0.352 e. The number of carbonyl (C=O) groups is 1. The van der Waals surface area contributed by atoms with Gasteiger partial charge < -0.3 is 15.5 Å². The summed E-state index contributed by atoms with van der Waals surface area (Å²) in [6.45, 7) is 11.5. The van der Waals surface area contributed by atoms with Crippen LogP contribution >= 0.6 is 0 Å². The molecule has 2 heterocycles. The van der Waals surface area contributed by atoms with Crippen LogP contribution in [-0.4, -0.2) is 61.5 Å². The van der Waals surface area contributed by atoms with Crippen molar-refractivity contribution in [2.75, 3.05) is 45.8 Å². The summed E-state index contributed by atoms with van der Waals surface area (Å²) in [7, 11) is 0. The number of amides is 1. The summed E-state index contributed by atoms with van der Waals surface area (Å²) in [6, 6.07) is 8.69. The van der Waals surface area contributed by atoms with E-state index in [1.54, 1.807) is 0 Å². The summed E-state index contributed by atoms with van der Waals surface area (Å²) in [5.41, 5.74) is 2.53. The zero-order valence-corrected chi connectivity index (χ0v) is 14.8. The third kappa shape index (κ3) is 4.79. The summed E-state index contributed by atoms with van der Waals surface area (Å²) >= 11 is 0. The van der Waals surface area contributed by atoms with Gasteiger partial charge >= 0.3 is 0 Å². The number of rotatable bonds is 6. The molecule has 24 heavy (non-hydrogen) atoms. The first kappa shape index (κ1) is 17.4. The minimum atomic E-state index is 0.145. The van der Waals surface area contributed by atoms with Gasteiger partial charge in [-0.25, -0.2) is 0 Å². The lowest BCUT2D eigenvalue weighted by molar-refractivity contribution is -0.124. The molecule has 1 atom stereocenters. The second kappa shape index (κ2) is 8.60. The lowest BCUT2D eigenvalue weighted by atomic mass is 10.1. The van der Waals surface area contributed by atoms with Gasteiger partial charge in [0.1, 0.15) is 0 Å².